The van der Waals surface area contributed by atoms with Crippen LogP contribution in [0.25, 0.3) is 0 Å². The Hall–Kier alpha value is -2.48. The van der Waals surface area contributed by atoms with Crippen LogP contribution < -0.4 is 9.47 Å². The lowest BCUT2D eigenvalue weighted by atomic mass is 10.0. The second kappa shape index (κ2) is 8.71. The van der Waals surface area contributed by atoms with E-state index in [1.807, 2.05) is 17.0 Å². The van der Waals surface area contributed by atoms with Crippen LogP contribution in [0.3, 0.4) is 0 Å². The lowest BCUT2D eigenvalue weighted by molar-refractivity contribution is -0.148. The van der Waals surface area contributed by atoms with Gasteiger partial charge in [-0.1, -0.05) is 35.3 Å². The first-order valence-electron chi connectivity index (χ1n) is 9.43. The van der Waals surface area contributed by atoms with Gasteiger partial charge in [0, 0.05) is 36.8 Å². The monoisotopic (exact) mass is 450 g/mol. The van der Waals surface area contributed by atoms with Crippen LogP contribution in [0.5, 0.6) is 11.5 Å². The van der Waals surface area contributed by atoms with Crippen molar-refractivity contribution in [2.45, 2.75) is 6.04 Å². The first-order chi connectivity index (χ1) is 14.5. The SMILES string of the molecule is COC(=O)C(c1ccc(Cl)cc1)N1CCN(C(=O)c2cc(Cl)c3c(c2)OCO3)CC1. The number of halogens is 2. The number of amides is 1. The molecule has 2 heterocycles. The number of piperazine rings is 1. The van der Waals surface area contributed by atoms with Gasteiger partial charge in [-0.3, -0.25) is 9.69 Å². The molecule has 2 aromatic carbocycles. The van der Waals surface area contributed by atoms with E-state index in [0.29, 0.717) is 53.3 Å². The quantitative estimate of drug-likeness (QED) is 0.664. The number of carbonyl (C=O) groups excluding carboxylic acids is 2. The largest absolute Gasteiger partial charge is 0.468 e. The molecule has 30 heavy (non-hydrogen) atoms. The molecule has 0 bridgehead atoms. The summed E-state index contributed by atoms with van der Waals surface area (Å²) in [6.45, 7) is 2.06. The summed E-state index contributed by atoms with van der Waals surface area (Å²) in [4.78, 5) is 29.2. The summed E-state index contributed by atoms with van der Waals surface area (Å²) in [5, 5.41) is 0.945. The summed E-state index contributed by atoms with van der Waals surface area (Å²) in [5.74, 6) is 0.440. The van der Waals surface area contributed by atoms with E-state index in [9.17, 15) is 9.59 Å². The molecule has 0 spiro atoms. The topological polar surface area (TPSA) is 68.3 Å². The zero-order valence-corrected chi connectivity index (χ0v) is 17.8. The Bertz CT molecular complexity index is 959. The van der Waals surface area contributed by atoms with Crippen LogP contribution in [0.4, 0.5) is 0 Å². The third-order valence-corrected chi connectivity index (χ3v) is 5.78. The van der Waals surface area contributed by atoms with Crippen LogP contribution in [0.2, 0.25) is 10.0 Å². The molecule has 1 saturated heterocycles. The van der Waals surface area contributed by atoms with Crippen LogP contribution in [0.1, 0.15) is 22.0 Å². The van der Waals surface area contributed by atoms with Crippen LogP contribution in [0, 0.1) is 0 Å². The number of ether oxygens (including phenoxy) is 3. The van der Waals surface area contributed by atoms with Crippen molar-refractivity contribution in [3.05, 3.63) is 57.6 Å². The van der Waals surface area contributed by atoms with E-state index in [-0.39, 0.29) is 18.7 Å². The van der Waals surface area contributed by atoms with Gasteiger partial charge in [-0.25, -0.2) is 4.79 Å². The van der Waals surface area contributed by atoms with Crippen molar-refractivity contribution < 1.29 is 23.8 Å². The van der Waals surface area contributed by atoms with E-state index >= 15 is 0 Å². The number of esters is 1. The number of nitrogens with zero attached hydrogens (tertiary/aromatic N) is 2. The Kier molecular flexibility index (Phi) is 6.04. The molecule has 1 amide bonds. The van der Waals surface area contributed by atoms with Crippen molar-refractivity contribution in [1.82, 2.24) is 9.80 Å². The van der Waals surface area contributed by atoms with Gasteiger partial charge in [0.15, 0.2) is 11.5 Å². The van der Waals surface area contributed by atoms with Gasteiger partial charge in [0.25, 0.3) is 5.91 Å². The van der Waals surface area contributed by atoms with E-state index in [2.05, 4.69) is 0 Å². The minimum absolute atomic E-state index is 0.0883. The molecular formula is C21H20Cl2N2O5. The maximum Gasteiger partial charge on any atom is 0.327 e. The molecule has 0 N–H and O–H groups in total. The van der Waals surface area contributed by atoms with Crippen LogP contribution in [-0.2, 0) is 9.53 Å². The highest BCUT2D eigenvalue weighted by Crippen LogP contribution is 2.40. The molecule has 2 aliphatic heterocycles. The molecule has 0 radical (unpaired) electrons. The van der Waals surface area contributed by atoms with E-state index < -0.39 is 6.04 Å². The predicted molar refractivity (Wildman–Crippen MR) is 111 cm³/mol. The molecule has 0 aromatic heterocycles. The first kappa shape index (κ1) is 20.8. The number of fused-ring (bicyclic) bond motifs is 1. The fourth-order valence-electron chi connectivity index (χ4n) is 3.71. The Labute approximate surface area is 184 Å². The summed E-state index contributed by atoms with van der Waals surface area (Å²) in [6, 6.07) is 9.81. The van der Waals surface area contributed by atoms with Crippen LogP contribution >= 0.6 is 23.2 Å². The van der Waals surface area contributed by atoms with E-state index in [1.165, 1.54) is 7.11 Å². The zero-order chi connectivity index (χ0) is 21.3. The number of rotatable bonds is 4. The van der Waals surface area contributed by atoms with Gasteiger partial charge >= 0.3 is 5.97 Å². The molecule has 1 fully saturated rings. The minimum Gasteiger partial charge on any atom is -0.468 e. The predicted octanol–water partition coefficient (Wildman–Crippen LogP) is 3.39. The lowest BCUT2D eigenvalue weighted by Gasteiger charge is -2.38. The average Bonchev–Trinajstić information content (AvgIpc) is 3.24. The van der Waals surface area contributed by atoms with E-state index in [1.54, 1.807) is 29.2 Å². The van der Waals surface area contributed by atoms with Gasteiger partial charge < -0.3 is 19.1 Å². The van der Waals surface area contributed by atoms with Crippen LogP contribution in [0.15, 0.2) is 36.4 Å². The third-order valence-electron chi connectivity index (χ3n) is 5.25. The standard InChI is InChI=1S/C21H20Cl2N2O5/c1-28-21(27)18(13-2-4-15(22)5-3-13)24-6-8-25(9-7-24)20(26)14-10-16(23)19-17(11-14)29-12-30-19/h2-5,10-11,18H,6-9,12H2,1H3. The summed E-state index contributed by atoms with van der Waals surface area (Å²) in [7, 11) is 1.37. The number of hydrogen-bond donors (Lipinski definition) is 0. The Morgan fingerprint density at radius 1 is 1.03 bits per heavy atom. The van der Waals surface area contributed by atoms with Gasteiger partial charge in [-0.15, -0.1) is 0 Å². The maximum atomic E-state index is 13.0. The smallest absolute Gasteiger partial charge is 0.327 e. The Balaban J connectivity index is 1.47. The average molecular weight is 451 g/mol. The van der Waals surface area contributed by atoms with Gasteiger partial charge in [0.05, 0.1) is 12.1 Å². The summed E-state index contributed by atoms with van der Waals surface area (Å²) in [5.41, 5.74) is 1.24. The highest BCUT2D eigenvalue weighted by atomic mass is 35.5. The second-order valence-electron chi connectivity index (χ2n) is 7.00. The first-order valence-corrected chi connectivity index (χ1v) is 10.2. The van der Waals surface area contributed by atoms with Crippen molar-refractivity contribution in [1.29, 1.82) is 0 Å². The number of methoxy groups -OCH3 is 1. The van der Waals surface area contributed by atoms with E-state index in [0.717, 1.165) is 5.56 Å². The highest BCUT2D eigenvalue weighted by molar-refractivity contribution is 6.32. The highest BCUT2D eigenvalue weighted by Gasteiger charge is 2.33. The maximum absolute atomic E-state index is 13.0. The summed E-state index contributed by atoms with van der Waals surface area (Å²) >= 11 is 12.2. The molecule has 4 rings (SSSR count). The van der Waals surface area contributed by atoms with Crippen molar-refractivity contribution >= 4 is 35.1 Å². The van der Waals surface area contributed by atoms with Crippen molar-refractivity contribution in [2.75, 3.05) is 40.1 Å². The van der Waals surface area contributed by atoms with Gasteiger partial charge in [-0.05, 0) is 29.8 Å². The molecule has 7 nitrogen and oxygen atoms in total. The normalized spacial score (nSPS) is 17.0. The fraction of sp³-hybridized carbons (Fsp3) is 0.333. The molecule has 9 heteroatoms. The van der Waals surface area contributed by atoms with Crippen molar-refractivity contribution in [3.8, 4) is 11.5 Å². The van der Waals surface area contributed by atoms with Crippen molar-refractivity contribution in [2.24, 2.45) is 0 Å². The number of hydrogen-bond acceptors (Lipinski definition) is 6. The third kappa shape index (κ3) is 4.05. The lowest BCUT2D eigenvalue weighted by Crippen LogP contribution is -2.51. The van der Waals surface area contributed by atoms with Gasteiger partial charge in [0.1, 0.15) is 6.04 Å². The van der Waals surface area contributed by atoms with Gasteiger partial charge in [0.2, 0.25) is 6.79 Å². The van der Waals surface area contributed by atoms with Crippen LogP contribution in [-0.4, -0.2) is 61.8 Å². The molecule has 1 unspecified atom stereocenters. The summed E-state index contributed by atoms with van der Waals surface area (Å²) in [6.07, 6.45) is 0. The molecule has 1 atom stereocenters. The zero-order valence-electron chi connectivity index (χ0n) is 16.3. The Morgan fingerprint density at radius 3 is 2.40 bits per heavy atom. The molecular weight excluding hydrogens is 431 g/mol. The molecule has 2 aliphatic rings. The molecule has 158 valence electrons. The Morgan fingerprint density at radius 2 is 1.73 bits per heavy atom. The second-order valence-corrected chi connectivity index (χ2v) is 7.84. The molecule has 2 aromatic rings. The van der Waals surface area contributed by atoms with Gasteiger partial charge in [-0.2, -0.15) is 0 Å². The molecule has 0 saturated carbocycles. The number of carbonyl (C=O) groups is 2. The fourth-order valence-corrected chi connectivity index (χ4v) is 4.10. The summed E-state index contributed by atoms with van der Waals surface area (Å²) < 4.78 is 15.7. The molecule has 0 aliphatic carbocycles. The van der Waals surface area contributed by atoms with E-state index in [4.69, 9.17) is 37.4 Å². The number of benzene rings is 2. The minimum atomic E-state index is -0.551. The van der Waals surface area contributed by atoms with Crippen molar-refractivity contribution in [3.63, 3.8) is 0 Å².